The molecule has 3 rings (SSSR count). The van der Waals surface area contributed by atoms with E-state index in [2.05, 4.69) is 21.2 Å². The van der Waals surface area contributed by atoms with Crippen LogP contribution in [0.3, 0.4) is 0 Å². The second-order valence-electron chi connectivity index (χ2n) is 6.55. The Bertz CT molecular complexity index is 868. The Balaban J connectivity index is 1.86. The number of nitrogens with one attached hydrogen (secondary N) is 1. The zero-order chi connectivity index (χ0) is 18.1. The molecule has 25 heavy (non-hydrogen) atoms. The number of amides is 1. The molecule has 4 nitrogen and oxygen atoms in total. The zero-order valence-corrected chi connectivity index (χ0v) is 16.4. The van der Waals surface area contributed by atoms with Gasteiger partial charge in [0.25, 0.3) is 0 Å². The molecule has 1 amide bonds. The van der Waals surface area contributed by atoms with Gasteiger partial charge in [0, 0.05) is 16.4 Å². The molecule has 0 spiro atoms. The molecule has 0 aliphatic heterocycles. The minimum Gasteiger partial charge on any atom is -0.325 e. The first kappa shape index (κ1) is 18.1. The van der Waals surface area contributed by atoms with Gasteiger partial charge in [0.15, 0.2) is 9.84 Å². The zero-order valence-electron chi connectivity index (χ0n) is 14.0. The van der Waals surface area contributed by atoms with Crippen LogP contribution >= 0.6 is 15.9 Å². The predicted octanol–water partition coefficient (Wildman–Crippen LogP) is 4.30. The van der Waals surface area contributed by atoms with Crippen molar-refractivity contribution in [2.75, 3.05) is 11.6 Å². The SMILES string of the molecule is CS(=O)(=O)c1ccc(NC(=O)C2(c3ccc(Br)cc3)CCCC2)cc1. The van der Waals surface area contributed by atoms with Crippen molar-refractivity contribution in [3.63, 3.8) is 0 Å². The number of hydrogen-bond acceptors (Lipinski definition) is 3. The van der Waals surface area contributed by atoms with Gasteiger partial charge < -0.3 is 5.32 Å². The van der Waals surface area contributed by atoms with Crippen LogP contribution in [-0.2, 0) is 20.0 Å². The largest absolute Gasteiger partial charge is 0.325 e. The fourth-order valence-corrected chi connectivity index (χ4v) is 4.33. The molecule has 1 N–H and O–H groups in total. The third kappa shape index (κ3) is 3.80. The van der Waals surface area contributed by atoms with Crippen molar-refractivity contribution in [1.82, 2.24) is 0 Å². The van der Waals surface area contributed by atoms with Crippen LogP contribution in [0.25, 0.3) is 0 Å². The molecule has 2 aromatic rings. The lowest BCUT2D eigenvalue weighted by Gasteiger charge is -2.28. The third-order valence-corrected chi connectivity index (χ3v) is 6.49. The van der Waals surface area contributed by atoms with Gasteiger partial charge in [-0.3, -0.25) is 4.79 Å². The van der Waals surface area contributed by atoms with E-state index in [0.717, 1.165) is 35.7 Å². The van der Waals surface area contributed by atoms with Crippen LogP contribution in [0.5, 0.6) is 0 Å². The van der Waals surface area contributed by atoms with Crippen molar-refractivity contribution in [1.29, 1.82) is 0 Å². The minimum atomic E-state index is -3.24. The van der Waals surface area contributed by atoms with E-state index in [9.17, 15) is 13.2 Å². The highest BCUT2D eigenvalue weighted by atomic mass is 79.9. The first-order chi connectivity index (χ1) is 11.8. The van der Waals surface area contributed by atoms with E-state index in [1.54, 1.807) is 12.1 Å². The number of benzene rings is 2. The summed E-state index contributed by atoms with van der Waals surface area (Å²) in [5.41, 5.74) is 1.12. The normalized spacial score (nSPS) is 16.6. The first-order valence-corrected chi connectivity index (χ1v) is 10.9. The summed E-state index contributed by atoms with van der Waals surface area (Å²) in [5, 5.41) is 2.97. The highest BCUT2D eigenvalue weighted by Crippen LogP contribution is 2.42. The molecule has 0 aromatic heterocycles. The van der Waals surface area contributed by atoms with E-state index >= 15 is 0 Å². The van der Waals surface area contributed by atoms with E-state index in [1.165, 1.54) is 18.4 Å². The third-order valence-electron chi connectivity index (χ3n) is 4.83. The highest BCUT2D eigenvalue weighted by molar-refractivity contribution is 9.10. The fourth-order valence-electron chi connectivity index (χ4n) is 3.43. The maximum absolute atomic E-state index is 13.1. The van der Waals surface area contributed by atoms with Crippen LogP contribution in [0.2, 0.25) is 0 Å². The number of halogens is 1. The van der Waals surface area contributed by atoms with Crippen LogP contribution in [0.4, 0.5) is 5.69 Å². The lowest BCUT2D eigenvalue weighted by Crippen LogP contribution is -2.37. The van der Waals surface area contributed by atoms with Gasteiger partial charge in [-0.05, 0) is 54.8 Å². The summed E-state index contributed by atoms with van der Waals surface area (Å²) >= 11 is 3.44. The van der Waals surface area contributed by atoms with Crippen LogP contribution in [0, 0.1) is 0 Å². The smallest absolute Gasteiger partial charge is 0.235 e. The molecule has 1 aliphatic rings. The summed E-state index contributed by atoms with van der Waals surface area (Å²) in [6, 6.07) is 14.2. The van der Waals surface area contributed by atoms with Crippen molar-refractivity contribution in [2.24, 2.45) is 0 Å². The van der Waals surface area contributed by atoms with Gasteiger partial charge in [0.05, 0.1) is 10.3 Å². The summed E-state index contributed by atoms with van der Waals surface area (Å²) in [7, 11) is -3.24. The Kier molecular flexibility index (Phi) is 5.02. The van der Waals surface area contributed by atoms with Gasteiger partial charge in [-0.2, -0.15) is 0 Å². The molecule has 1 fully saturated rings. The number of carbonyl (C=O) groups excluding carboxylic acids is 1. The molecule has 0 heterocycles. The molecule has 132 valence electrons. The first-order valence-electron chi connectivity index (χ1n) is 8.19. The topological polar surface area (TPSA) is 63.2 Å². The van der Waals surface area contributed by atoms with Crippen LogP contribution in [-0.4, -0.2) is 20.6 Å². The van der Waals surface area contributed by atoms with Crippen molar-refractivity contribution >= 4 is 37.4 Å². The lowest BCUT2D eigenvalue weighted by atomic mass is 9.78. The molecular weight excluding hydrogens is 402 g/mol. The van der Waals surface area contributed by atoms with Gasteiger partial charge in [-0.25, -0.2) is 8.42 Å². The average Bonchev–Trinajstić information content (AvgIpc) is 3.06. The van der Waals surface area contributed by atoms with E-state index in [1.807, 2.05) is 24.3 Å². The summed E-state index contributed by atoms with van der Waals surface area (Å²) in [6.45, 7) is 0. The Hall–Kier alpha value is -1.66. The summed E-state index contributed by atoms with van der Waals surface area (Å²) in [6.07, 6.45) is 4.86. The van der Waals surface area contributed by atoms with E-state index < -0.39 is 15.3 Å². The number of sulfone groups is 1. The molecule has 2 aromatic carbocycles. The molecule has 1 saturated carbocycles. The fraction of sp³-hybridized carbons (Fsp3) is 0.316. The average molecular weight is 422 g/mol. The van der Waals surface area contributed by atoms with Crippen molar-refractivity contribution < 1.29 is 13.2 Å². The van der Waals surface area contributed by atoms with Crippen molar-refractivity contribution in [2.45, 2.75) is 36.0 Å². The molecule has 0 radical (unpaired) electrons. The maximum atomic E-state index is 13.1. The molecule has 0 atom stereocenters. The van der Waals surface area contributed by atoms with E-state index in [4.69, 9.17) is 0 Å². The Morgan fingerprint density at radius 2 is 1.56 bits per heavy atom. The monoisotopic (exact) mass is 421 g/mol. The van der Waals surface area contributed by atoms with Crippen molar-refractivity contribution in [3.05, 3.63) is 58.6 Å². The number of carbonyl (C=O) groups is 1. The molecule has 0 saturated heterocycles. The summed E-state index contributed by atoms with van der Waals surface area (Å²) in [4.78, 5) is 13.3. The highest BCUT2D eigenvalue weighted by Gasteiger charge is 2.42. The Morgan fingerprint density at radius 1 is 1.00 bits per heavy atom. The van der Waals surface area contributed by atoms with Crippen LogP contribution in [0.15, 0.2) is 57.9 Å². The molecule has 6 heteroatoms. The summed E-state index contributed by atoms with van der Waals surface area (Å²) < 4.78 is 24.1. The Labute approximate surface area is 156 Å². The number of rotatable bonds is 4. The van der Waals surface area contributed by atoms with Crippen LogP contribution in [0.1, 0.15) is 31.2 Å². The molecule has 0 unspecified atom stereocenters. The number of anilines is 1. The minimum absolute atomic E-state index is 0.0283. The summed E-state index contributed by atoms with van der Waals surface area (Å²) in [5.74, 6) is -0.0283. The molecule has 1 aliphatic carbocycles. The van der Waals surface area contributed by atoms with Gasteiger partial charge in [-0.15, -0.1) is 0 Å². The van der Waals surface area contributed by atoms with Gasteiger partial charge in [0.1, 0.15) is 0 Å². The quantitative estimate of drug-likeness (QED) is 0.799. The van der Waals surface area contributed by atoms with Crippen molar-refractivity contribution in [3.8, 4) is 0 Å². The van der Waals surface area contributed by atoms with Crippen LogP contribution < -0.4 is 5.32 Å². The standard InChI is InChI=1S/C19H20BrNO3S/c1-25(23,24)17-10-8-16(9-11-17)21-18(22)19(12-2-3-13-19)14-4-6-15(20)7-5-14/h4-11H,2-3,12-13H2,1H3,(H,21,22). The molecular formula is C19H20BrNO3S. The lowest BCUT2D eigenvalue weighted by molar-refractivity contribution is -0.121. The number of hydrogen-bond donors (Lipinski definition) is 1. The predicted molar refractivity (Wildman–Crippen MR) is 102 cm³/mol. The second-order valence-corrected chi connectivity index (χ2v) is 9.48. The van der Waals surface area contributed by atoms with E-state index in [-0.39, 0.29) is 10.8 Å². The van der Waals surface area contributed by atoms with Gasteiger partial charge >= 0.3 is 0 Å². The van der Waals surface area contributed by atoms with Gasteiger partial charge in [-0.1, -0.05) is 40.9 Å². The maximum Gasteiger partial charge on any atom is 0.235 e. The van der Waals surface area contributed by atoms with E-state index in [0.29, 0.717) is 5.69 Å². The molecule has 0 bridgehead atoms. The Morgan fingerprint density at radius 3 is 2.08 bits per heavy atom. The van der Waals surface area contributed by atoms with Gasteiger partial charge in [0.2, 0.25) is 5.91 Å². The second kappa shape index (κ2) is 6.92.